The Morgan fingerprint density at radius 3 is 2.65 bits per heavy atom. The maximum atomic E-state index is 13.6. The quantitative estimate of drug-likeness (QED) is 0.511. The van der Waals surface area contributed by atoms with Crippen molar-refractivity contribution in [3.8, 4) is 0 Å². The smallest absolute Gasteiger partial charge is 0.182 e. The zero-order chi connectivity index (χ0) is 14.9. The summed E-state index contributed by atoms with van der Waals surface area (Å²) in [6, 6.07) is 1.23. The van der Waals surface area contributed by atoms with E-state index < -0.39 is 23.1 Å². The summed E-state index contributed by atoms with van der Waals surface area (Å²) >= 11 is 5.00. The topological polar surface area (TPSA) is 44.9 Å². The molecule has 0 radical (unpaired) electrons. The average Bonchev–Trinajstić information content (AvgIpc) is 2.41. The van der Waals surface area contributed by atoms with Crippen LogP contribution in [-0.4, -0.2) is 11.3 Å². The third-order valence-corrected chi connectivity index (χ3v) is 3.17. The summed E-state index contributed by atoms with van der Waals surface area (Å²) < 4.78 is 40.2. The van der Waals surface area contributed by atoms with E-state index in [0.29, 0.717) is 22.6 Å². The van der Waals surface area contributed by atoms with Crippen molar-refractivity contribution >= 4 is 29.9 Å². The van der Waals surface area contributed by atoms with Gasteiger partial charge in [-0.15, -0.1) is 0 Å². The maximum absolute atomic E-state index is 13.6. The van der Waals surface area contributed by atoms with Crippen molar-refractivity contribution in [1.29, 1.82) is 0 Å². The van der Waals surface area contributed by atoms with Gasteiger partial charge >= 0.3 is 0 Å². The highest BCUT2D eigenvalue weighted by Gasteiger charge is 2.14. The Balaban J connectivity index is 2.58. The summed E-state index contributed by atoms with van der Waals surface area (Å²) in [6.07, 6.45) is 1.85. The standard InChI is InChI=1S/C13H9F3N2OS/c1-6-12(7(5-19)4-17-13(6)20)18-10-3-8(14)2-9(15)11(10)16/h2-5H,1H3,(H2,17,18,20). The van der Waals surface area contributed by atoms with Crippen LogP contribution in [0.3, 0.4) is 0 Å². The van der Waals surface area contributed by atoms with E-state index in [-0.39, 0.29) is 11.3 Å². The molecule has 0 unspecified atom stereocenters. The Hall–Kier alpha value is -2.15. The van der Waals surface area contributed by atoms with Crippen LogP contribution in [0.4, 0.5) is 24.5 Å². The van der Waals surface area contributed by atoms with Gasteiger partial charge < -0.3 is 10.3 Å². The molecule has 1 aromatic carbocycles. The molecule has 3 nitrogen and oxygen atoms in total. The normalized spacial score (nSPS) is 10.4. The summed E-state index contributed by atoms with van der Waals surface area (Å²) in [5.41, 5.74) is 0.427. The van der Waals surface area contributed by atoms with Gasteiger partial charge in [0.2, 0.25) is 0 Å². The highest BCUT2D eigenvalue weighted by Crippen LogP contribution is 2.27. The molecule has 20 heavy (non-hydrogen) atoms. The van der Waals surface area contributed by atoms with Crippen LogP contribution >= 0.6 is 12.2 Å². The van der Waals surface area contributed by atoms with Gasteiger partial charge in [-0.25, -0.2) is 13.2 Å². The lowest BCUT2D eigenvalue weighted by Gasteiger charge is -2.13. The molecule has 0 aliphatic carbocycles. The minimum atomic E-state index is -1.32. The number of H-pyrrole nitrogens is 1. The molecule has 0 saturated carbocycles. The summed E-state index contributed by atoms with van der Waals surface area (Å²) in [5.74, 6) is -3.49. The number of aromatic amines is 1. The number of hydrogen-bond donors (Lipinski definition) is 2. The Morgan fingerprint density at radius 2 is 2.00 bits per heavy atom. The van der Waals surface area contributed by atoms with Crippen LogP contribution in [-0.2, 0) is 0 Å². The Morgan fingerprint density at radius 1 is 1.30 bits per heavy atom. The molecule has 0 saturated heterocycles. The van der Waals surface area contributed by atoms with E-state index >= 15 is 0 Å². The van der Waals surface area contributed by atoms with Crippen molar-refractivity contribution in [2.75, 3.05) is 5.32 Å². The fourth-order valence-corrected chi connectivity index (χ4v) is 1.86. The number of aromatic nitrogens is 1. The van der Waals surface area contributed by atoms with Gasteiger partial charge in [0.25, 0.3) is 0 Å². The molecule has 2 N–H and O–H groups in total. The van der Waals surface area contributed by atoms with Gasteiger partial charge in [-0.2, -0.15) is 0 Å². The Kier molecular flexibility index (Phi) is 3.89. The number of rotatable bonds is 3. The first-order chi connectivity index (χ1) is 9.43. The summed E-state index contributed by atoms with van der Waals surface area (Å²) in [6.45, 7) is 1.60. The molecular formula is C13H9F3N2OS. The first kappa shape index (κ1) is 14.3. The second-order valence-electron chi connectivity index (χ2n) is 4.07. The van der Waals surface area contributed by atoms with E-state index in [1.54, 1.807) is 6.92 Å². The minimum absolute atomic E-state index is 0.167. The Labute approximate surface area is 117 Å². The summed E-state index contributed by atoms with van der Waals surface area (Å²) in [7, 11) is 0. The number of benzene rings is 1. The third kappa shape index (κ3) is 2.57. The fraction of sp³-hybridized carbons (Fsp3) is 0.0769. The molecule has 1 aromatic heterocycles. The molecule has 2 aromatic rings. The number of aldehydes is 1. The zero-order valence-electron chi connectivity index (χ0n) is 10.3. The lowest BCUT2D eigenvalue weighted by atomic mass is 10.1. The van der Waals surface area contributed by atoms with Gasteiger partial charge in [-0.05, 0) is 6.92 Å². The van der Waals surface area contributed by atoms with Crippen LogP contribution in [0.25, 0.3) is 0 Å². The van der Waals surface area contributed by atoms with E-state index in [4.69, 9.17) is 12.2 Å². The number of anilines is 2. The van der Waals surface area contributed by atoms with E-state index in [2.05, 4.69) is 10.3 Å². The Bertz CT molecular complexity index is 743. The third-order valence-electron chi connectivity index (χ3n) is 2.74. The number of carbonyl (C=O) groups excluding carboxylic acids is 1. The van der Waals surface area contributed by atoms with Gasteiger partial charge in [0.15, 0.2) is 17.9 Å². The van der Waals surface area contributed by atoms with Crippen LogP contribution in [0, 0.1) is 29.0 Å². The lowest BCUT2D eigenvalue weighted by molar-refractivity contribution is 0.112. The second-order valence-corrected chi connectivity index (χ2v) is 4.47. The molecule has 0 fully saturated rings. The van der Waals surface area contributed by atoms with Crippen molar-refractivity contribution in [1.82, 2.24) is 4.98 Å². The largest absolute Gasteiger partial charge is 0.352 e. The van der Waals surface area contributed by atoms with Crippen LogP contribution in [0.5, 0.6) is 0 Å². The van der Waals surface area contributed by atoms with E-state index in [1.165, 1.54) is 6.20 Å². The molecular weight excluding hydrogens is 289 g/mol. The molecule has 0 bridgehead atoms. The predicted molar refractivity (Wildman–Crippen MR) is 71.3 cm³/mol. The van der Waals surface area contributed by atoms with Gasteiger partial charge in [-0.3, -0.25) is 4.79 Å². The van der Waals surface area contributed by atoms with Gasteiger partial charge in [0, 0.05) is 23.9 Å². The molecule has 0 amide bonds. The molecule has 0 spiro atoms. The maximum Gasteiger partial charge on any atom is 0.182 e. The zero-order valence-corrected chi connectivity index (χ0v) is 11.1. The van der Waals surface area contributed by atoms with Gasteiger partial charge in [-0.1, -0.05) is 12.2 Å². The molecule has 0 atom stereocenters. The second kappa shape index (κ2) is 5.46. The number of carbonyl (C=O) groups is 1. The number of hydrogen-bond acceptors (Lipinski definition) is 3. The molecule has 0 aliphatic rings. The van der Waals surface area contributed by atoms with E-state index in [1.807, 2.05) is 0 Å². The van der Waals surface area contributed by atoms with E-state index in [9.17, 15) is 18.0 Å². The van der Waals surface area contributed by atoms with Crippen LogP contribution in [0.1, 0.15) is 15.9 Å². The summed E-state index contributed by atoms with van der Waals surface area (Å²) in [5, 5.41) is 2.51. The van der Waals surface area contributed by atoms with Crippen LogP contribution in [0.15, 0.2) is 18.3 Å². The minimum Gasteiger partial charge on any atom is -0.352 e. The molecule has 2 rings (SSSR count). The van der Waals surface area contributed by atoms with Gasteiger partial charge in [0.1, 0.15) is 10.5 Å². The first-order valence-corrected chi connectivity index (χ1v) is 5.94. The average molecular weight is 298 g/mol. The van der Waals surface area contributed by atoms with Crippen LogP contribution in [0.2, 0.25) is 0 Å². The number of pyridine rings is 1. The predicted octanol–water partition coefficient (Wildman–Crippen LogP) is 4.03. The lowest BCUT2D eigenvalue weighted by Crippen LogP contribution is -2.03. The number of halogens is 3. The summed E-state index contributed by atoms with van der Waals surface area (Å²) in [4.78, 5) is 13.6. The SMILES string of the molecule is Cc1c(Nc2cc(F)cc(F)c2F)c(C=O)c[nH]c1=S. The van der Waals surface area contributed by atoms with Crippen molar-refractivity contribution < 1.29 is 18.0 Å². The van der Waals surface area contributed by atoms with Crippen molar-refractivity contribution in [2.24, 2.45) is 0 Å². The highest BCUT2D eigenvalue weighted by molar-refractivity contribution is 7.71. The van der Waals surface area contributed by atoms with Crippen molar-refractivity contribution in [2.45, 2.75) is 6.92 Å². The molecule has 0 aliphatic heterocycles. The first-order valence-electron chi connectivity index (χ1n) is 5.53. The monoisotopic (exact) mass is 298 g/mol. The fourth-order valence-electron chi connectivity index (χ4n) is 1.69. The van der Waals surface area contributed by atoms with Crippen molar-refractivity contribution in [3.63, 3.8) is 0 Å². The molecule has 104 valence electrons. The van der Waals surface area contributed by atoms with E-state index in [0.717, 1.165) is 6.07 Å². The molecule has 1 heterocycles. The highest BCUT2D eigenvalue weighted by atomic mass is 32.1. The van der Waals surface area contributed by atoms with Crippen LogP contribution < -0.4 is 5.32 Å². The molecule has 7 heteroatoms. The van der Waals surface area contributed by atoms with Crippen molar-refractivity contribution in [3.05, 3.63) is 51.5 Å². The van der Waals surface area contributed by atoms with Gasteiger partial charge in [0.05, 0.1) is 16.9 Å². The number of nitrogens with one attached hydrogen (secondary N) is 2.